The van der Waals surface area contributed by atoms with Gasteiger partial charge in [-0.25, -0.2) is 14.0 Å². The predicted molar refractivity (Wildman–Crippen MR) is 93.8 cm³/mol. The van der Waals surface area contributed by atoms with E-state index in [4.69, 9.17) is 9.47 Å². The molecule has 1 aromatic rings. The Morgan fingerprint density at radius 1 is 1.23 bits per heavy atom. The standard InChI is InChI=1S/C19H26FNO5/c1-19(2,3)26-18(23)21-9-7-13(8-10-21)12-25-16-6-5-14(20)11-15(16)17(22)24-4/h5-6,11,13H,7-10,12H2,1-4H3. The summed E-state index contributed by atoms with van der Waals surface area (Å²) in [6, 6.07) is 3.77. The molecule has 0 bridgehead atoms. The van der Waals surface area contributed by atoms with Crippen molar-refractivity contribution in [2.45, 2.75) is 39.2 Å². The monoisotopic (exact) mass is 367 g/mol. The van der Waals surface area contributed by atoms with Crippen LogP contribution in [0, 0.1) is 11.7 Å². The Morgan fingerprint density at radius 2 is 1.88 bits per heavy atom. The number of nitrogens with zero attached hydrogens (tertiary/aromatic N) is 1. The van der Waals surface area contributed by atoms with Crippen LogP contribution in [0.2, 0.25) is 0 Å². The average molecular weight is 367 g/mol. The van der Waals surface area contributed by atoms with Crippen LogP contribution < -0.4 is 4.74 Å². The minimum Gasteiger partial charge on any atom is -0.492 e. The third-order valence-electron chi connectivity index (χ3n) is 4.09. The quantitative estimate of drug-likeness (QED) is 0.760. The van der Waals surface area contributed by atoms with Crippen molar-refractivity contribution in [1.29, 1.82) is 0 Å². The van der Waals surface area contributed by atoms with Gasteiger partial charge in [-0.1, -0.05) is 0 Å². The van der Waals surface area contributed by atoms with Crippen LogP contribution >= 0.6 is 0 Å². The normalized spacial score (nSPS) is 15.5. The lowest BCUT2D eigenvalue weighted by Gasteiger charge is -2.33. The van der Waals surface area contributed by atoms with Crippen molar-refractivity contribution in [3.63, 3.8) is 0 Å². The van der Waals surface area contributed by atoms with Crippen LogP contribution in [0.5, 0.6) is 5.75 Å². The SMILES string of the molecule is COC(=O)c1cc(F)ccc1OCC1CCN(C(=O)OC(C)(C)C)CC1. The van der Waals surface area contributed by atoms with Gasteiger partial charge in [-0.15, -0.1) is 0 Å². The zero-order valence-electron chi connectivity index (χ0n) is 15.7. The molecule has 1 aliphatic heterocycles. The van der Waals surface area contributed by atoms with Crippen molar-refractivity contribution in [2.24, 2.45) is 5.92 Å². The Kier molecular flexibility index (Phi) is 6.45. The fourth-order valence-electron chi connectivity index (χ4n) is 2.71. The number of ether oxygens (including phenoxy) is 3. The molecular weight excluding hydrogens is 341 g/mol. The molecular formula is C19H26FNO5. The van der Waals surface area contributed by atoms with Crippen LogP contribution in [0.3, 0.4) is 0 Å². The van der Waals surface area contributed by atoms with Crippen molar-refractivity contribution in [3.05, 3.63) is 29.6 Å². The molecule has 0 aromatic heterocycles. The first kappa shape index (κ1) is 20.0. The minimum absolute atomic E-state index is 0.0682. The number of halogens is 1. The molecule has 1 fully saturated rings. The molecule has 6 nitrogen and oxygen atoms in total. The van der Waals surface area contributed by atoms with E-state index in [2.05, 4.69) is 4.74 Å². The second-order valence-electron chi connectivity index (χ2n) is 7.35. The lowest BCUT2D eigenvalue weighted by Crippen LogP contribution is -2.42. The van der Waals surface area contributed by atoms with E-state index in [9.17, 15) is 14.0 Å². The molecule has 26 heavy (non-hydrogen) atoms. The van der Waals surface area contributed by atoms with E-state index >= 15 is 0 Å². The van der Waals surface area contributed by atoms with Crippen LogP contribution in [0.4, 0.5) is 9.18 Å². The number of rotatable bonds is 4. The summed E-state index contributed by atoms with van der Waals surface area (Å²) in [6.45, 7) is 7.09. The number of piperidine rings is 1. The highest BCUT2D eigenvalue weighted by molar-refractivity contribution is 5.92. The summed E-state index contributed by atoms with van der Waals surface area (Å²) in [5, 5.41) is 0. The van der Waals surface area contributed by atoms with E-state index in [1.54, 1.807) is 4.90 Å². The van der Waals surface area contributed by atoms with Gasteiger partial charge in [-0.3, -0.25) is 0 Å². The van der Waals surface area contributed by atoms with E-state index in [-0.39, 0.29) is 17.6 Å². The Morgan fingerprint density at radius 3 is 2.46 bits per heavy atom. The van der Waals surface area contributed by atoms with E-state index in [0.717, 1.165) is 18.9 Å². The molecule has 1 aliphatic rings. The molecule has 1 heterocycles. The third kappa shape index (κ3) is 5.61. The molecule has 2 rings (SSSR count). The molecule has 0 radical (unpaired) electrons. The molecule has 0 unspecified atom stereocenters. The number of amides is 1. The maximum Gasteiger partial charge on any atom is 0.410 e. The summed E-state index contributed by atoms with van der Waals surface area (Å²) < 4.78 is 29.1. The van der Waals surface area contributed by atoms with Crippen molar-refractivity contribution >= 4 is 12.1 Å². The number of likely N-dealkylation sites (tertiary alicyclic amines) is 1. The first-order valence-corrected chi connectivity index (χ1v) is 8.68. The van der Waals surface area contributed by atoms with E-state index < -0.39 is 17.4 Å². The van der Waals surface area contributed by atoms with Crippen LogP contribution in [0.15, 0.2) is 18.2 Å². The highest BCUT2D eigenvalue weighted by Gasteiger charge is 2.27. The van der Waals surface area contributed by atoms with E-state index in [1.807, 2.05) is 20.8 Å². The summed E-state index contributed by atoms with van der Waals surface area (Å²) >= 11 is 0. The zero-order valence-corrected chi connectivity index (χ0v) is 15.7. The molecule has 1 saturated heterocycles. The topological polar surface area (TPSA) is 65.1 Å². The van der Waals surface area contributed by atoms with Gasteiger partial charge in [-0.2, -0.15) is 0 Å². The number of carbonyl (C=O) groups is 2. The molecule has 1 aromatic carbocycles. The summed E-state index contributed by atoms with van der Waals surface area (Å²) in [6.07, 6.45) is 1.24. The summed E-state index contributed by atoms with van der Waals surface area (Å²) in [5.74, 6) is -0.625. The molecule has 0 saturated carbocycles. The largest absolute Gasteiger partial charge is 0.492 e. The maximum absolute atomic E-state index is 13.4. The fourth-order valence-corrected chi connectivity index (χ4v) is 2.71. The first-order valence-electron chi connectivity index (χ1n) is 8.68. The summed E-state index contributed by atoms with van der Waals surface area (Å²) in [5.41, 5.74) is -0.442. The highest BCUT2D eigenvalue weighted by Crippen LogP contribution is 2.24. The van der Waals surface area contributed by atoms with Crippen molar-refractivity contribution in [2.75, 3.05) is 26.8 Å². The van der Waals surface area contributed by atoms with Gasteiger partial charge in [0.1, 0.15) is 22.7 Å². The second kappa shape index (κ2) is 8.38. The summed E-state index contributed by atoms with van der Waals surface area (Å²) in [4.78, 5) is 25.5. The van der Waals surface area contributed by atoms with Gasteiger partial charge in [0.25, 0.3) is 0 Å². The van der Waals surface area contributed by atoms with Crippen LogP contribution in [-0.4, -0.2) is 49.4 Å². The number of benzene rings is 1. The minimum atomic E-state index is -0.640. The maximum atomic E-state index is 13.4. The van der Waals surface area contributed by atoms with Crippen LogP contribution in [0.25, 0.3) is 0 Å². The fraction of sp³-hybridized carbons (Fsp3) is 0.579. The van der Waals surface area contributed by atoms with Crippen molar-refractivity contribution < 1.29 is 28.2 Å². The van der Waals surface area contributed by atoms with Crippen molar-refractivity contribution in [3.8, 4) is 5.75 Å². The van der Waals surface area contributed by atoms with Crippen molar-refractivity contribution in [1.82, 2.24) is 4.90 Å². The lowest BCUT2D eigenvalue weighted by atomic mass is 9.98. The number of esters is 1. The Bertz CT molecular complexity index is 648. The number of methoxy groups -OCH3 is 1. The molecule has 7 heteroatoms. The van der Waals surface area contributed by atoms with Crippen LogP contribution in [0.1, 0.15) is 44.0 Å². The lowest BCUT2D eigenvalue weighted by molar-refractivity contribution is 0.0164. The summed E-state index contributed by atoms with van der Waals surface area (Å²) in [7, 11) is 1.24. The number of hydrogen-bond acceptors (Lipinski definition) is 5. The van der Waals surface area contributed by atoms with Gasteiger partial charge in [0, 0.05) is 13.1 Å². The number of carbonyl (C=O) groups excluding carboxylic acids is 2. The zero-order chi connectivity index (χ0) is 19.3. The van der Waals surface area contributed by atoms with Crippen LogP contribution in [-0.2, 0) is 9.47 Å². The Hall–Kier alpha value is -2.31. The van der Waals surface area contributed by atoms with E-state index in [1.165, 1.54) is 19.2 Å². The van der Waals surface area contributed by atoms with Gasteiger partial charge in [-0.05, 0) is 57.7 Å². The van der Waals surface area contributed by atoms with Gasteiger partial charge in [0.2, 0.25) is 0 Å². The highest BCUT2D eigenvalue weighted by atomic mass is 19.1. The molecule has 0 N–H and O–H groups in total. The third-order valence-corrected chi connectivity index (χ3v) is 4.09. The first-order chi connectivity index (χ1) is 12.2. The number of hydrogen-bond donors (Lipinski definition) is 0. The molecule has 1 amide bonds. The second-order valence-corrected chi connectivity index (χ2v) is 7.35. The molecule has 0 aliphatic carbocycles. The van der Waals surface area contributed by atoms with E-state index in [0.29, 0.717) is 25.4 Å². The van der Waals surface area contributed by atoms with Gasteiger partial charge < -0.3 is 19.1 Å². The molecule has 0 spiro atoms. The smallest absolute Gasteiger partial charge is 0.410 e. The van der Waals surface area contributed by atoms with Gasteiger partial charge in [0.15, 0.2) is 0 Å². The molecule has 144 valence electrons. The van der Waals surface area contributed by atoms with Gasteiger partial charge >= 0.3 is 12.1 Å². The average Bonchev–Trinajstić information content (AvgIpc) is 2.59. The Balaban J connectivity index is 1.87. The molecule has 0 atom stereocenters. The van der Waals surface area contributed by atoms with Gasteiger partial charge in [0.05, 0.1) is 13.7 Å². The Labute approximate surface area is 153 Å². The predicted octanol–water partition coefficient (Wildman–Crippen LogP) is 3.64.